The molecule has 2 aromatic rings. The van der Waals surface area contributed by atoms with Crippen molar-refractivity contribution in [1.29, 1.82) is 0 Å². The monoisotopic (exact) mass is 224 g/mol. The Bertz CT molecular complexity index is 489. The lowest BCUT2D eigenvalue weighted by Gasteiger charge is -1.99. The van der Waals surface area contributed by atoms with Crippen LogP contribution in [0.3, 0.4) is 0 Å². The number of hydrogen-bond donors (Lipinski definition) is 2. The lowest BCUT2D eigenvalue weighted by Crippen LogP contribution is -2.29. The first-order chi connectivity index (χ1) is 8.25. The van der Waals surface area contributed by atoms with Crippen molar-refractivity contribution in [2.45, 2.75) is 0 Å². The van der Waals surface area contributed by atoms with Gasteiger partial charge >= 0.3 is 7.12 Å². The summed E-state index contributed by atoms with van der Waals surface area (Å²) < 4.78 is 0. The predicted molar refractivity (Wildman–Crippen MR) is 71.6 cm³/mol. The standard InChI is InChI=1S/C14H13BO2/c16-15(17)14-10-8-13(9-11-14)7-6-12-4-2-1-3-5-12/h1-11,16-17H/b7-6+. The van der Waals surface area contributed by atoms with E-state index in [-0.39, 0.29) is 0 Å². The van der Waals surface area contributed by atoms with Gasteiger partial charge in [0, 0.05) is 0 Å². The lowest BCUT2D eigenvalue weighted by molar-refractivity contribution is 0.426. The summed E-state index contributed by atoms with van der Waals surface area (Å²) in [6, 6.07) is 17.1. The fraction of sp³-hybridized carbons (Fsp3) is 0. The van der Waals surface area contributed by atoms with Gasteiger partial charge in [0.2, 0.25) is 0 Å². The quantitative estimate of drug-likeness (QED) is 0.613. The first-order valence-corrected chi connectivity index (χ1v) is 5.45. The van der Waals surface area contributed by atoms with E-state index in [1.165, 1.54) is 0 Å². The molecule has 0 fully saturated rings. The Morgan fingerprint density at radius 2 is 1.24 bits per heavy atom. The summed E-state index contributed by atoms with van der Waals surface area (Å²) >= 11 is 0. The highest BCUT2D eigenvalue weighted by Gasteiger charge is 2.08. The van der Waals surface area contributed by atoms with Gasteiger partial charge in [-0.15, -0.1) is 0 Å². The van der Waals surface area contributed by atoms with Crippen LogP contribution >= 0.6 is 0 Å². The van der Waals surface area contributed by atoms with E-state index in [4.69, 9.17) is 10.0 Å². The largest absolute Gasteiger partial charge is 0.488 e. The molecule has 84 valence electrons. The van der Waals surface area contributed by atoms with Gasteiger partial charge < -0.3 is 10.0 Å². The number of benzene rings is 2. The summed E-state index contributed by atoms with van der Waals surface area (Å²) in [5.41, 5.74) is 2.67. The molecule has 0 saturated heterocycles. The number of hydrogen-bond acceptors (Lipinski definition) is 2. The molecule has 2 rings (SSSR count). The molecule has 0 bridgehead atoms. The number of rotatable bonds is 3. The minimum absolute atomic E-state index is 0.502. The zero-order chi connectivity index (χ0) is 12.1. The van der Waals surface area contributed by atoms with E-state index >= 15 is 0 Å². The van der Waals surface area contributed by atoms with Crippen LogP contribution in [-0.2, 0) is 0 Å². The Kier molecular flexibility index (Phi) is 3.75. The summed E-state index contributed by atoms with van der Waals surface area (Å²) in [5.74, 6) is 0. The van der Waals surface area contributed by atoms with Gasteiger partial charge in [-0.25, -0.2) is 0 Å². The van der Waals surface area contributed by atoms with Gasteiger partial charge in [0.15, 0.2) is 0 Å². The molecule has 0 amide bonds. The molecule has 0 aliphatic carbocycles. The predicted octanol–water partition coefficient (Wildman–Crippen LogP) is 1.54. The van der Waals surface area contributed by atoms with Crippen molar-refractivity contribution in [3.8, 4) is 0 Å². The van der Waals surface area contributed by atoms with E-state index in [9.17, 15) is 0 Å². The second-order valence-corrected chi connectivity index (χ2v) is 3.78. The molecule has 0 heterocycles. The highest BCUT2D eigenvalue weighted by Crippen LogP contribution is 2.06. The molecular formula is C14H13BO2. The fourth-order valence-corrected chi connectivity index (χ4v) is 1.54. The van der Waals surface area contributed by atoms with Crippen LogP contribution in [0.25, 0.3) is 12.2 Å². The van der Waals surface area contributed by atoms with Crippen molar-refractivity contribution in [2.75, 3.05) is 0 Å². The molecule has 0 unspecified atom stereocenters. The molecule has 17 heavy (non-hydrogen) atoms. The van der Waals surface area contributed by atoms with Crippen molar-refractivity contribution in [2.24, 2.45) is 0 Å². The third-order valence-corrected chi connectivity index (χ3v) is 2.50. The third-order valence-electron chi connectivity index (χ3n) is 2.50. The third kappa shape index (κ3) is 3.31. The normalized spacial score (nSPS) is 10.7. The van der Waals surface area contributed by atoms with Crippen molar-refractivity contribution in [3.63, 3.8) is 0 Å². The molecule has 0 spiro atoms. The fourth-order valence-electron chi connectivity index (χ4n) is 1.54. The van der Waals surface area contributed by atoms with Gasteiger partial charge in [-0.2, -0.15) is 0 Å². The van der Waals surface area contributed by atoms with Crippen molar-refractivity contribution >= 4 is 24.7 Å². The van der Waals surface area contributed by atoms with Gasteiger partial charge in [0.25, 0.3) is 0 Å². The zero-order valence-electron chi connectivity index (χ0n) is 9.32. The van der Waals surface area contributed by atoms with Gasteiger partial charge in [0.1, 0.15) is 0 Å². The molecular weight excluding hydrogens is 211 g/mol. The molecule has 3 heteroatoms. The topological polar surface area (TPSA) is 40.5 Å². The molecule has 0 aliphatic rings. The Morgan fingerprint density at radius 1 is 0.706 bits per heavy atom. The van der Waals surface area contributed by atoms with E-state index in [2.05, 4.69) is 0 Å². The smallest absolute Gasteiger partial charge is 0.423 e. The summed E-state index contributed by atoms with van der Waals surface area (Å²) in [7, 11) is -1.40. The van der Waals surface area contributed by atoms with Crippen LogP contribution in [-0.4, -0.2) is 17.2 Å². The molecule has 0 radical (unpaired) electrons. The molecule has 0 aromatic heterocycles. The van der Waals surface area contributed by atoms with Crippen LogP contribution in [0, 0.1) is 0 Å². The van der Waals surface area contributed by atoms with Crippen LogP contribution in [0.1, 0.15) is 11.1 Å². The SMILES string of the molecule is OB(O)c1ccc(/C=C/c2ccccc2)cc1. The average molecular weight is 224 g/mol. The summed E-state index contributed by atoms with van der Waals surface area (Å²) in [6.45, 7) is 0. The molecule has 0 atom stereocenters. The van der Waals surface area contributed by atoms with Gasteiger partial charge in [-0.1, -0.05) is 66.7 Å². The second-order valence-electron chi connectivity index (χ2n) is 3.78. The van der Waals surface area contributed by atoms with Gasteiger partial charge in [-0.05, 0) is 16.6 Å². The first-order valence-electron chi connectivity index (χ1n) is 5.45. The minimum atomic E-state index is -1.40. The Labute approximate surface area is 101 Å². The molecule has 2 nitrogen and oxygen atoms in total. The lowest BCUT2D eigenvalue weighted by atomic mass is 9.80. The highest BCUT2D eigenvalue weighted by atomic mass is 16.4. The summed E-state index contributed by atoms with van der Waals surface area (Å²) in [5, 5.41) is 17.9. The van der Waals surface area contributed by atoms with E-state index in [1.54, 1.807) is 12.1 Å². The Hall–Kier alpha value is -1.84. The van der Waals surface area contributed by atoms with E-state index in [0.29, 0.717) is 5.46 Å². The maximum absolute atomic E-state index is 8.96. The second kappa shape index (κ2) is 5.48. The molecule has 2 N–H and O–H groups in total. The van der Waals surface area contributed by atoms with Crippen molar-refractivity contribution in [1.82, 2.24) is 0 Å². The molecule has 2 aromatic carbocycles. The first kappa shape index (κ1) is 11.6. The Balaban J connectivity index is 2.12. The zero-order valence-corrected chi connectivity index (χ0v) is 9.32. The van der Waals surface area contributed by atoms with E-state index in [0.717, 1.165) is 11.1 Å². The Morgan fingerprint density at radius 3 is 1.76 bits per heavy atom. The van der Waals surface area contributed by atoms with Gasteiger partial charge in [0.05, 0.1) is 0 Å². The van der Waals surface area contributed by atoms with E-state index in [1.807, 2.05) is 54.6 Å². The van der Waals surface area contributed by atoms with Crippen LogP contribution in [0.15, 0.2) is 54.6 Å². The molecule has 0 aliphatic heterocycles. The summed E-state index contributed by atoms with van der Waals surface area (Å²) in [4.78, 5) is 0. The van der Waals surface area contributed by atoms with Crippen LogP contribution in [0.5, 0.6) is 0 Å². The minimum Gasteiger partial charge on any atom is -0.423 e. The summed E-state index contributed by atoms with van der Waals surface area (Å²) in [6.07, 6.45) is 4.01. The van der Waals surface area contributed by atoms with Crippen LogP contribution in [0.4, 0.5) is 0 Å². The van der Waals surface area contributed by atoms with Crippen LogP contribution < -0.4 is 5.46 Å². The maximum atomic E-state index is 8.96. The van der Waals surface area contributed by atoms with E-state index < -0.39 is 7.12 Å². The molecule has 0 saturated carbocycles. The van der Waals surface area contributed by atoms with Crippen LogP contribution in [0.2, 0.25) is 0 Å². The van der Waals surface area contributed by atoms with Gasteiger partial charge in [-0.3, -0.25) is 0 Å². The van der Waals surface area contributed by atoms with Crippen molar-refractivity contribution in [3.05, 3.63) is 65.7 Å². The van der Waals surface area contributed by atoms with Crippen molar-refractivity contribution < 1.29 is 10.0 Å². The average Bonchev–Trinajstić information content (AvgIpc) is 2.38. The highest BCUT2D eigenvalue weighted by molar-refractivity contribution is 6.58. The maximum Gasteiger partial charge on any atom is 0.488 e.